The quantitative estimate of drug-likeness (QED) is 0.162. The summed E-state index contributed by atoms with van der Waals surface area (Å²) in [4.78, 5) is 10.6. The van der Waals surface area contributed by atoms with Crippen LogP contribution >= 0.6 is 0 Å². The number of phenolic OH excluding ortho intramolecular Hbond substituents is 1. The smallest absolute Gasteiger partial charge is 0.148 e. The van der Waals surface area contributed by atoms with E-state index in [0.29, 0.717) is 11.4 Å². The van der Waals surface area contributed by atoms with Crippen LogP contribution in [0.5, 0.6) is 5.75 Å². The third-order valence-corrected chi connectivity index (χ3v) is 12.9. The molecule has 0 saturated carbocycles. The summed E-state index contributed by atoms with van der Waals surface area (Å²) < 4.78 is 9.07. The molecule has 0 bridgehead atoms. The molecule has 0 atom stereocenters. The van der Waals surface area contributed by atoms with Crippen molar-refractivity contribution in [1.29, 1.82) is 0 Å². The van der Waals surface area contributed by atoms with E-state index in [9.17, 15) is 5.11 Å². The van der Waals surface area contributed by atoms with Gasteiger partial charge in [0.25, 0.3) is 0 Å². The summed E-state index contributed by atoms with van der Waals surface area (Å²) in [5.74, 6) is 0.801. The number of hydrogen-bond acceptors (Lipinski definition) is 4. The summed E-state index contributed by atoms with van der Waals surface area (Å²) >= 11 is 0. The Morgan fingerprint density at radius 1 is 0.554 bits per heavy atom. The molecule has 5 nitrogen and oxygen atoms in total. The van der Waals surface area contributed by atoms with E-state index in [2.05, 4.69) is 185 Å². The van der Waals surface area contributed by atoms with Gasteiger partial charge in [-0.2, -0.15) is 0 Å². The van der Waals surface area contributed by atoms with Gasteiger partial charge < -0.3 is 9.52 Å². The minimum absolute atomic E-state index is 0. The molecule has 0 saturated heterocycles. The molecule has 11 aromatic rings. The maximum atomic E-state index is 11.5. The molecule has 0 aliphatic carbocycles. The van der Waals surface area contributed by atoms with E-state index in [1.165, 1.54) is 11.1 Å². The zero-order valence-corrected chi connectivity index (χ0v) is 39.1. The topological polar surface area (TPSA) is 64.1 Å². The monoisotopic (exact) mass is 1020 g/mol. The van der Waals surface area contributed by atoms with E-state index in [-0.39, 0.29) is 32.2 Å². The second-order valence-corrected chi connectivity index (χ2v) is 18.3. The molecule has 0 radical (unpaired) electrons. The van der Waals surface area contributed by atoms with Crippen molar-refractivity contribution in [3.63, 3.8) is 0 Å². The first-order chi connectivity index (χ1) is 31.0. The molecule has 1 N–H and O–H groups in total. The van der Waals surface area contributed by atoms with E-state index in [0.717, 1.165) is 88.5 Å². The van der Waals surface area contributed by atoms with Gasteiger partial charge in [0.2, 0.25) is 0 Å². The summed E-state index contributed by atoms with van der Waals surface area (Å²) in [7, 11) is 0. The summed E-state index contributed by atoms with van der Waals surface area (Å²) in [6.45, 7) is 11.3. The van der Waals surface area contributed by atoms with Crippen LogP contribution in [0, 0.1) is 6.07 Å². The predicted molar refractivity (Wildman–Crippen MR) is 263 cm³/mol. The van der Waals surface area contributed by atoms with E-state index in [1.54, 1.807) is 6.07 Å². The number of phenols is 1. The van der Waals surface area contributed by atoms with Crippen LogP contribution in [-0.2, 0) is 31.9 Å². The van der Waals surface area contributed by atoms with Gasteiger partial charge in [-0.1, -0.05) is 167 Å². The van der Waals surface area contributed by atoms with Crippen molar-refractivity contribution in [2.75, 3.05) is 0 Å². The first kappa shape index (κ1) is 41.9. The first-order valence-electron chi connectivity index (χ1n) is 21.9. The maximum absolute atomic E-state index is 11.5. The summed E-state index contributed by atoms with van der Waals surface area (Å²) in [6.07, 6.45) is 1.88. The van der Waals surface area contributed by atoms with Crippen LogP contribution in [-0.4, -0.2) is 19.6 Å². The molecule has 320 valence electrons. The molecule has 0 spiro atoms. The van der Waals surface area contributed by atoms with Gasteiger partial charge in [0, 0.05) is 60.1 Å². The van der Waals surface area contributed by atoms with Gasteiger partial charge in [-0.3, -0.25) is 9.55 Å². The van der Waals surface area contributed by atoms with Crippen LogP contribution in [0.1, 0.15) is 51.3 Å². The standard InChI is InChI=1S/C59H46N3O2.Pt/c1-58(2,3)42-28-30-50(49(36-42)37-17-8-6-9-18-37)62-51-25-16-24-44(54(51)61-57(62)48-23-14-15-26-52(48)63)39-33-40(35-43(34-39)59(4,5)41-20-10-7-11-21-41)53-56-47(31-32-60-53)46-29-27-38-19-12-13-22-45(38)55(46)64-56;/h6-32,34-36,63H,1-5H3;/q-1;. The third kappa shape index (κ3) is 7.16. The molecule has 3 aromatic heterocycles. The minimum Gasteiger partial charge on any atom is -0.507 e. The van der Waals surface area contributed by atoms with Crippen LogP contribution in [0.25, 0.3) is 94.3 Å². The fourth-order valence-electron chi connectivity index (χ4n) is 9.30. The number of benzene rings is 8. The largest absolute Gasteiger partial charge is 0.507 e. The zero-order valence-electron chi connectivity index (χ0n) is 36.8. The average Bonchev–Trinajstić information content (AvgIpc) is 3.91. The Balaban J connectivity index is 0.00000498. The van der Waals surface area contributed by atoms with Gasteiger partial charge in [0.05, 0.1) is 22.3 Å². The van der Waals surface area contributed by atoms with Gasteiger partial charge in [0.15, 0.2) is 0 Å². The molecule has 6 heteroatoms. The zero-order chi connectivity index (χ0) is 43.7. The molecule has 8 aromatic carbocycles. The Hall–Kier alpha value is -7.07. The summed E-state index contributed by atoms with van der Waals surface area (Å²) in [6, 6.07) is 64.7. The number of pyridine rings is 1. The van der Waals surface area contributed by atoms with Gasteiger partial charge in [-0.25, -0.2) is 4.98 Å². The first-order valence-corrected chi connectivity index (χ1v) is 21.9. The number of aromatic hydroxyl groups is 1. The van der Waals surface area contributed by atoms with Crippen LogP contribution in [0.4, 0.5) is 0 Å². The SMILES string of the molecule is CC(C)(C)c1ccc(-n2c(-c3ccccc3O)nc3c(-c4[c-]c(-c5nccc6c5oc5c7ccccc7ccc65)cc(C(C)(C)c5ccccc5)c4)cccc32)c(-c2ccccc2)c1.[Pt]. The second kappa shape index (κ2) is 16.2. The normalized spacial score (nSPS) is 12.0. The van der Waals surface area contributed by atoms with E-state index >= 15 is 0 Å². The van der Waals surface area contributed by atoms with Crippen molar-refractivity contribution in [3.05, 3.63) is 205 Å². The number of para-hydroxylation sites is 2. The van der Waals surface area contributed by atoms with Crippen molar-refractivity contribution >= 4 is 43.7 Å². The number of fused-ring (bicyclic) bond motifs is 6. The number of imidazole rings is 1. The van der Waals surface area contributed by atoms with E-state index in [4.69, 9.17) is 14.4 Å². The molecule has 0 aliphatic rings. The van der Waals surface area contributed by atoms with E-state index in [1.807, 2.05) is 36.5 Å². The van der Waals surface area contributed by atoms with Crippen molar-refractivity contribution < 1.29 is 30.6 Å². The molecule has 0 aliphatic heterocycles. The molecule has 65 heavy (non-hydrogen) atoms. The van der Waals surface area contributed by atoms with Gasteiger partial charge in [-0.05, 0) is 70.0 Å². The maximum Gasteiger partial charge on any atom is 0.148 e. The average molecular weight is 1020 g/mol. The number of nitrogens with zero attached hydrogens (tertiary/aromatic N) is 3. The van der Waals surface area contributed by atoms with Crippen molar-refractivity contribution in [1.82, 2.24) is 14.5 Å². The summed E-state index contributed by atoms with van der Waals surface area (Å²) in [5, 5.41) is 15.8. The second-order valence-electron chi connectivity index (χ2n) is 18.3. The van der Waals surface area contributed by atoms with E-state index < -0.39 is 5.41 Å². The number of aromatic nitrogens is 3. The van der Waals surface area contributed by atoms with Gasteiger partial charge >= 0.3 is 0 Å². The third-order valence-electron chi connectivity index (χ3n) is 12.9. The fourth-order valence-corrected chi connectivity index (χ4v) is 9.30. The Kier molecular flexibility index (Phi) is 10.4. The molecule has 0 unspecified atom stereocenters. The van der Waals surface area contributed by atoms with Crippen LogP contribution in [0.2, 0.25) is 0 Å². The number of rotatable bonds is 7. The number of hydrogen-bond donors (Lipinski definition) is 1. The Morgan fingerprint density at radius 3 is 2.03 bits per heavy atom. The molecule has 0 amide bonds. The Labute approximate surface area is 393 Å². The summed E-state index contributed by atoms with van der Waals surface area (Å²) in [5.41, 5.74) is 13.4. The van der Waals surface area contributed by atoms with Crippen LogP contribution in [0.15, 0.2) is 187 Å². The predicted octanol–water partition coefficient (Wildman–Crippen LogP) is 15.3. The molecule has 11 rings (SSSR count). The van der Waals surface area contributed by atoms with Crippen molar-refractivity contribution in [3.8, 4) is 56.3 Å². The minimum atomic E-state index is -0.397. The van der Waals surface area contributed by atoms with Crippen molar-refractivity contribution in [2.45, 2.75) is 45.4 Å². The van der Waals surface area contributed by atoms with Crippen LogP contribution in [0.3, 0.4) is 0 Å². The van der Waals surface area contributed by atoms with Gasteiger partial charge in [0.1, 0.15) is 22.7 Å². The molecular formula is C59H46N3O2Pt-. The fraction of sp³-hybridized carbons (Fsp3) is 0.119. The van der Waals surface area contributed by atoms with Crippen molar-refractivity contribution in [2.24, 2.45) is 0 Å². The molecule has 3 heterocycles. The molecular weight excluding hydrogens is 978 g/mol. The number of furan rings is 1. The van der Waals surface area contributed by atoms with Crippen LogP contribution < -0.4 is 0 Å². The molecule has 0 fully saturated rings. The Bertz CT molecular complexity index is 3580. The Morgan fingerprint density at radius 2 is 1.25 bits per heavy atom. The van der Waals surface area contributed by atoms with Gasteiger partial charge in [-0.15, -0.1) is 29.3 Å².